The lowest BCUT2D eigenvalue weighted by Gasteiger charge is -2.14. The molecule has 0 fully saturated rings. The molecule has 0 saturated carbocycles. The Morgan fingerprint density at radius 3 is 2.10 bits per heavy atom. The molecule has 1 aromatic heterocycles. The lowest BCUT2D eigenvalue weighted by atomic mass is 10.1. The molecule has 0 saturated heterocycles. The van der Waals surface area contributed by atoms with E-state index < -0.39 is 11.7 Å². The maximum absolute atomic E-state index is 12.9. The predicted octanol–water partition coefficient (Wildman–Crippen LogP) is 2.02. The number of nitrogen functional groups attached to an aromatic ring is 1. The van der Waals surface area contributed by atoms with E-state index in [1.165, 1.54) is 30.6 Å². The fourth-order valence-corrected chi connectivity index (χ4v) is 2.40. The standard InChI is InChI=1S/C19H18FN7O2/c1-11-4-2-3-5-14(11)19(29)27-25-17-15(21)16(22-10-23-17)24-26-18(28)12-6-8-13(20)9-7-12/h2-10H,21H2,1H3,(H,26,28)(H,27,29)(H2,22,23,24,25). The minimum atomic E-state index is -0.509. The first-order valence-corrected chi connectivity index (χ1v) is 8.50. The number of aromatic nitrogens is 2. The van der Waals surface area contributed by atoms with Gasteiger partial charge < -0.3 is 5.73 Å². The van der Waals surface area contributed by atoms with Crippen LogP contribution in [0.1, 0.15) is 26.3 Å². The van der Waals surface area contributed by atoms with E-state index in [-0.39, 0.29) is 28.8 Å². The first-order valence-electron chi connectivity index (χ1n) is 8.50. The van der Waals surface area contributed by atoms with Crippen LogP contribution in [0.2, 0.25) is 0 Å². The summed E-state index contributed by atoms with van der Waals surface area (Å²) < 4.78 is 12.9. The highest BCUT2D eigenvalue weighted by molar-refractivity contribution is 5.97. The molecular formula is C19H18FN7O2. The van der Waals surface area contributed by atoms with Gasteiger partial charge >= 0.3 is 0 Å². The normalized spacial score (nSPS) is 10.1. The van der Waals surface area contributed by atoms with Crippen molar-refractivity contribution in [3.8, 4) is 0 Å². The van der Waals surface area contributed by atoms with Gasteiger partial charge in [-0.3, -0.25) is 31.3 Å². The molecule has 0 radical (unpaired) electrons. The number of nitrogens with zero attached hydrogens (tertiary/aromatic N) is 2. The number of anilines is 3. The zero-order valence-corrected chi connectivity index (χ0v) is 15.4. The molecule has 1 heterocycles. The van der Waals surface area contributed by atoms with E-state index in [1.807, 2.05) is 19.1 Å². The van der Waals surface area contributed by atoms with E-state index in [9.17, 15) is 14.0 Å². The Kier molecular flexibility index (Phi) is 5.83. The number of amides is 2. The van der Waals surface area contributed by atoms with E-state index in [4.69, 9.17) is 5.73 Å². The third-order valence-electron chi connectivity index (χ3n) is 3.97. The third-order valence-corrected chi connectivity index (χ3v) is 3.97. The molecule has 0 unspecified atom stereocenters. The summed E-state index contributed by atoms with van der Waals surface area (Å²) in [5.41, 5.74) is 17.7. The average molecular weight is 395 g/mol. The van der Waals surface area contributed by atoms with Crippen LogP contribution >= 0.6 is 0 Å². The smallest absolute Gasteiger partial charge is 0.269 e. The number of hydrogen-bond donors (Lipinski definition) is 5. The highest BCUT2D eigenvalue weighted by Gasteiger charge is 2.12. The van der Waals surface area contributed by atoms with Crippen LogP contribution in [0.15, 0.2) is 54.9 Å². The van der Waals surface area contributed by atoms with E-state index in [0.29, 0.717) is 5.56 Å². The van der Waals surface area contributed by atoms with Crippen molar-refractivity contribution in [2.75, 3.05) is 16.6 Å². The average Bonchev–Trinajstić information content (AvgIpc) is 2.72. The molecule has 0 spiro atoms. The van der Waals surface area contributed by atoms with E-state index >= 15 is 0 Å². The van der Waals surface area contributed by atoms with Crippen molar-refractivity contribution < 1.29 is 14.0 Å². The van der Waals surface area contributed by atoms with Gasteiger partial charge in [-0.15, -0.1) is 0 Å². The van der Waals surface area contributed by atoms with Gasteiger partial charge in [0.1, 0.15) is 17.8 Å². The molecule has 2 aromatic carbocycles. The summed E-state index contributed by atoms with van der Waals surface area (Å²) in [5, 5.41) is 0. The quantitative estimate of drug-likeness (QED) is 0.403. The van der Waals surface area contributed by atoms with Crippen molar-refractivity contribution in [3.63, 3.8) is 0 Å². The van der Waals surface area contributed by atoms with Crippen molar-refractivity contribution in [3.05, 3.63) is 77.4 Å². The van der Waals surface area contributed by atoms with Gasteiger partial charge in [0.25, 0.3) is 11.8 Å². The topological polar surface area (TPSA) is 134 Å². The highest BCUT2D eigenvalue weighted by atomic mass is 19.1. The molecule has 0 aliphatic carbocycles. The van der Waals surface area contributed by atoms with E-state index in [1.54, 1.807) is 12.1 Å². The van der Waals surface area contributed by atoms with Gasteiger partial charge in [-0.2, -0.15) is 0 Å². The Labute approximate surface area is 165 Å². The highest BCUT2D eigenvalue weighted by Crippen LogP contribution is 2.21. The maximum Gasteiger partial charge on any atom is 0.269 e. The monoisotopic (exact) mass is 395 g/mol. The maximum atomic E-state index is 12.9. The van der Waals surface area contributed by atoms with Gasteiger partial charge in [-0.05, 0) is 42.8 Å². The number of carbonyl (C=O) groups excluding carboxylic acids is 2. The van der Waals surface area contributed by atoms with Gasteiger partial charge in [0.2, 0.25) is 0 Å². The van der Waals surface area contributed by atoms with Crippen LogP contribution in [0.5, 0.6) is 0 Å². The van der Waals surface area contributed by atoms with E-state index in [0.717, 1.165) is 5.56 Å². The molecule has 3 rings (SSSR count). The molecule has 0 aliphatic rings. The largest absolute Gasteiger partial charge is 0.393 e. The third kappa shape index (κ3) is 4.75. The molecular weight excluding hydrogens is 377 g/mol. The summed E-state index contributed by atoms with van der Waals surface area (Å²) in [6.45, 7) is 1.82. The minimum absolute atomic E-state index is 0.0667. The molecule has 2 amide bonds. The lowest BCUT2D eigenvalue weighted by molar-refractivity contribution is 0.0954. The van der Waals surface area contributed by atoms with Crippen LogP contribution in [0.25, 0.3) is 0 Å². The van der Waals surface area contributed by atoms with E-state index in [2.05, 4.69) is 31.7 Å². The van der Waals surface area contributed by atoms with Crippen LogP contribution in [-0.2, 0) is 0 Å². The second kappa shape index (κ2) is 8.65. The molecule has 148 valence electrons. The van der Waals surface area contributed by atoms with Gasteiger partial charge in [0.15, 0.2) is 11.6 Å². The summed E-state index contributed by atoms with van der Waals surface area (Å²) in [5.74, 6) is -1.06. The fourth-order valence-electron chi connectivity index (χ4n) is 2.40. The van der Waals surface area contributed by atoms with Crippen LogP contribution < -0.4 is 27.4 Å². The Morgan fingerprint density at radius 1 is 0.897 bits per heavy atom. The van der Waals surface area contributed by atoms with Crippen molar-refractivity contribution in [1.82, 2.24) is 20.8 Å². The molecule has 6 N–H and O–H groups in total. The predicted molar refractivity (Wildman–Crippen MR) is 106 cm³/mol. The van der Waals surface area contributed by atoms with Gasteiger partial charge in [0.05, 0.1) is 0 Å². The number of nitrogens with two attached hydrogens (primary N) is 1. The molecule has 3 aromatic rings. The SMILES string of the molecule is Cc1ccccc1C(=O)NNc1ncnc(NNC(=O)c2ccc(F)cc2)c1N. The lowest BCUT2D eigenvalue weighted by Crippen LogP contribution is -2.32. The van der Waals surface area contributed by atoms with Crippen LogP contribution in [0, 0.1) is 12.7 Å². The van der Waals surface area contributed by atoms with Crippen LogP contribution in [0.4, 0.5) is 21.7 Å². The Bertz CT molecular complexity index is 1040. The summed E-state index contributed by atoms with van der Waals surface area (Å²) in [6.07, 6.45) is 1.20. The Hall–Kier alpha value is -4.21. The number of rotatable bonds is 6. The number of aryl methyl sites for hydroxylation is 1. The second-order valence-electron chi connectivity index (χ2n) is 5.96. The van der Waals surface area contributed by atoms with Gasteiger partial charge in [-0.25, -0.2) is 14.4 Å². The Balaban J connectivity index is 1.63. The zero-order valence-electron chi connectivity index (χ0n) is 15.4. The Morgan fingerprint density at radius 2 is 1.48 bits per heavy atom. The molecule has 0 aliphatic heterocycles. The van der Waals surface area contributed by atoms with Crippen molar-refractivity contribution in [2.45, 2.75) is 6.92 Å². The fraction of sp³-hybridized carbons (Fsp3) is 0.0526. The summed E-state index contributed by atoms with van der Waals surface area (Å²) >= 11 is 0. The summed E-state index contributed by atoms with van der Waals surface area (Å²) in [7, 11) is 0. The number of halogens is 1. The number of hydrogen-bond acceptors (Lipinski definition) is 7. The molecule has 0 atom stereocenters. The van der Waals surface area contributed by atoms with Crippen molar-refractivity contribution in [2.24, 2.45) is 0 Å². The van der Waals surface area contributed by atoms with Gasteiger partial charge in [0, 0.05) is 11.1 Å². The number of nitrogens with one attached hydrogen (secondary N) is 4. The molecule has 0 bridgehead atoms. The summed E-state index contributed by atoms with van der Waals surface area (Å²) in [6, 6.07) is 12.1. The van der Waals surface area contributed by atoms with Gasteiger partial charge in [-0.1, -0.05) is 18.2 Å². The first-order chi connectivity index (χ1) is 14.0. The number of carbonyl (C=O) groups is 2. The molecule has 9 nitrogen and oxygen atoms in total. The molecule has 10 heteroatoms. The zero-order chi connectivity index (χ0) is 20.8. The van der Waals surface area contributed by atoms with Crippen LogP contribution in [0.3, 0.4) is 0 Å². The van der Waals surface area contributed by atoms with Crippen LogP contribution in [-0.4, -0.2) is 21.8 Å². The number of hydrazine groups is 2. The number of benzene rings is 2. The summed E-state index contributed by atoms with van der Waals surface area (Å²) in [4.78, 5) is 32.3. The molecule has 29 heavy (non-hydrogen) atoms. The second-order valence-corrected chi connectivity index (χ2v) is 5.96. The van der Waals surface area contributed by atoms with Crippen molar-refractivity contribution in [1.29, 1.82) is 0 Å². The van der Waals surface area contributed by atoms with Crippen molar-refractivity contribution >= 4 is 29.1 Å². The first kappa shape index (κ1) is 19.5. The minimum Gasteiger partial charge on any atom is -0.393 e.